The summed E-state index contributed by atoms with van der Waals surface area (Å²) in [5.74, 6) is 0. The van der Waals surface area contributed by atoms with Crippen molar-refractivity contribution in [3.8, 4) is 22.5 Å². The van der Waals surface area contributed by atoms with Gasteiger partial charge in [-0.2, -0.15) is 0 Å². The summed E-state index contributed by atoms with van der Waals surface area (Å²) in [6.45, 7) is 9.68. The molecule has 2 aromatic carbocycles. The van der Waals surface area contributed by atoms with Gasteiger partial charge in [0.15, 0.2) is 0 Å². The van der Waals surface area contributed by atoms with Gasteiger partial charge in [-0.3, -0.25) is 0 Å². The molecule has 4 nitrogen and oxygen atoms in total. The lowest BCUT2D eigenvalue weighted by Crippen LogP contribution is -2.31. The number of fused-ring (bicyclic) bond motifs is 5. The van der Waals surface area contributed by atoms with Gasteiger partial charge in [-0.1, -0.05) is 47.7 Å². The van der Waals surface area contributed by atoms with Crippen molar-refractivity contribution in [3.05, 3.63) is 54.1 Å². The van der Waals surface area contributed by atoms with Crippen LogP contribution in [0.25, 0.3) is 22.5 Å². The molecule has 0 radical (unpaired) electrons. The topological polar surface area (TPSA) is 34.0 Å². The molecule has 4 heteroatoms. The minimum absolute atomic E-state index is 0.253. The zero-order valence-electron chi connectivity index (χ0n) is 15.3. The van der Waals surface area contributed by atoms with Crippen molar-refractivity contribution >= 4 is 5.69 Å². The molecule has 0 aliphatic carbocycles. The van der Waals surface area contributed by atoms with Crippen LogP contribution in [0.2, 0.25) is 0 Å². The van der Waals surface area contributed by atoms with Gasteiger partial charge in [0.05, 0.1) is 5.69 Å². The second kappa shape index (κ2) is 6.03. The summed E-state index contributed by atoms with van der Waals surface area (Å²) in [5.41, 5.74) is 7.03. The quantitative estimate of drug-likeness (QED) is 0.668. The van der Waals surface area contributed by atoms with Crippen molar-refractivity contribution in [1.82, 2.24) is 15.0 Å². The van der Waals surface area contributed by atoms with Crippen LogP contribution in [-0.2, 0) is 6.54 Å². The van der Waals surface area contributed by atoms with Crippen molar-refractivity contribution < 1.29 is 0 Å². The van der Waals surface area contributed by atoms with Gasteiger partial charge >= 0.3 is 0 Å². The fourth-order valence-corrected chi connectivity index (χ4v) is 3.63. The fourth-order valence-electron chi connectivity index (χ4n) is 3.63. The molecule has 3 aromatic rings. The van der Waals surface area contributed by atoms with E-state index in [0.717, 1.165) is 17.9 Å². The maximum Gasteiger partial charge on any atom is 0.121 e. The highest BCUT2D eigenvalue weighted by Gasteiger charge is 2.27. The summed E-state index contributed by atoms with van der Waals surface area (Å²) in [6, 6.07) is 17.8. The molecule has 0 spiro atoms. The van der Waals surface area contributed by atoms with E-state index in [1.807, 2.05) is 0 Å². The summed E-state index contributed by atoms with van der Waals surface area (Å²) in [5, 5.41) is 9.08. The van der Waals surface area contributed by atoms with Crippen molar-refractivity contribution in [1.29, 1.82) is 0 Å². The summed E-state index contributed by atoms with van der Waals surface area (Å²) in [6.07, 6.45) is 0. The van der Waals surface area contributed by atoms with Gasteiger partial charge < -0.3 is 4.90 Å². The predicted molar refractivity (Wildman–Crippen MR) is 103 cm³/mol. The van der Waals surface area contributed by atoms with Crippen molar-refractivity contribution in [3.63, 3.8) is 0 Å². The Morgan fingerprint density at radius 1 is 0.840 bits per heavy atom. The zero-order chi connectivity index (χ0) is 17.6. The number of hydrogen-bond acceptors (Lipinski definition) is 3. The molecule has 25 heavy (non-hydrogen) atoms. The Morgan fingerprint density at radius 2 is 1.52 bits per heavy atom. The third-order valence-corrected chi connectivity index (χ3v) is 4.89. The Kier molecular flexibility index (Phi) is 3.83. The summed E-state index contributed by atoms with van der Waals surface area (Å²) in [4.78, 5) is 2.47. The number of rotatable bonds is 2. The van der Waals surface area contributed by atoms with Gasteiger partial charge in [0.1, 0.15) is 5.69 Å². The minimum atomic E-state index is 0.253. The maximum absolute atomic E-state index is 4.58. The molecule has 4 rings (SSSR count). The molecular weight excluding hydrogens is 308 g/mol. The Bertz CT molecular complexity index is 908. The first kappa shape index (κ1) is 15.9. The van der Waals surface area contributed by atoms with E-state index in [4.69, 9.17) is 0 Å². The van der Waals surface area contributed by atoms with E-state index < -0.39 is 0 Å². The van der Waals surface area contributed by atoms with E-state index in [1.165, 1.54) is 22.4 Å². The number of hydrogen-bond donors (Lipinski definition) is 0. The molecule has 0 N–H and O–H groups in total. The first-order valence-corrected chi connectivity index (χ1v) is 8.97. The summed E-state index contributed by atoms with van der Waals surface area (Å²) >= 11 is 0. The highest BCUT2D eigenvalue weighted by atomic mass is 15.4. The smallest absolute Gasteiger partial charge is 0.121 e. The first-order valence-electron chi connectivity index (χ1n) is 8.97. The largest absolute Gasteiger partial charge is 0.364 e. The second-order valence-electron chi connectivity index (χ2n) is 7.22. The number of anilines is 1. The van der Waals surface area contributed by atoms with E-state index in [0.29, 0.717) is 6.04 Å². The molecule has 0 saturated heterocycles. The lowest BCUT2D eigenvalue weighted by atomic mass is 9.95. The highest BCUT2D eigenvalue weighted by Crippen LogP contribution is 2.42. The second-order valence-corrected chi connectivity index (χ2v) is 7.22. The van der Waals surface area contributed by atoms with Crippen LogP contribution >= 0.6 is 0 Å². The third-order valence-electron chi connectivity index (χ3n) is 4.89. The fraction of sp³-hybridized carbons (Fsp3) is 0.333. The Morgan fingerprint density at radius 3 is 2.24 bits per heavy atom. The predicted octanol–water partition coefficient (Wildman–Crippen LogP) is 4.92. The molecule has 0 unspecified atom stereocenters. The van der Waals surface area contributed by atoms with Gasteiger partial charge in [-0.25, -0.2) is 4.68 Å². The van der Waals surface area contributed by atoms with Crippen LogP contribution in [0, 0.1) is 0 Å². The van der Waals surface area contributed by atoms with Crippen LogP contribution in [0.5, 0.6) is 0 Å². The lowest BCUT2D eigenvalue weighted by molar-refractivity contribution is 0.519. The normalized spacial score (nSPS) is 13.3. The molecular formula is C21H24N4. The first-order chi connectivity index (χ1) is 12.1. The highest BCUT2D eigenvalue weighted by molar-refractivity contribution is 5.88. The standard InChI is InChI=1S/C21H24N4/c1-14(2)24-13-16-9-5-6-10-17(16)20-21(25(15(3)4)23-22-20)18-11-7-8-12-19(18)24/h5-12,14-15H,13H2,1-4H3. The lowest BCUT2D eigenvalue weighted by Gasteiger charge is -2.33. The summed E-state index contributed by atoms with van der Waals surface area (Å²) in [7, 11) is 0. The van der Waals surface area contributed by atoms with Crippen molar-refractivity contribution in [2.75, 3.05) is 4.90 Å². The molecule has 2 heterocycles. The third kappa shape index (κ3) is 2.53. The number of nitrogens with zero attached hydrogens (tertiary/aromatic N) is 4. The molecule has 0 atom stereocenters. The molecule has 1 aliphatic rings. The van der Waals surface area contributed by atoms with Crippen LogP contribution < -0.4 is 4.90 Å². The molecule has 0 bridgehead atoms. The Hall–Kier alpha value is -2.62. The SMILES string of the molecule is CC(C)N1Cc2ccccc2-c2nnn(C(C)C)c2-c2ccccc21. The summed E-state index contributed by atoms with van der Waals surface area (Å²) < 4.78 is 2.05. The van der Waals surface area contributed by atoms with Crippen LogP contribution in [-0.4, -0.2) is 21.0 Å². The Balaban J connectivity index is 2.09. The Labute approximate surface area is 149 Å². The molecule has 0 saturated carbocycles. The van der Waals surface area contributed by atoms with Crippen LogP contribution in [0.4, 0.5) is 5.69 Å². The van der Waals surface area contributed by atoms with Gasteiger partial charge in [0, 0.05) is 35.4 Å². The average Bonchev–Trinajstić information content (AvgIpc) is 3.03. The van der Waals surface area contributed by atoms with E-state index in [-0.39, 0.29) is 6.04 Å². The number of aromatic nitrogens is 3. The molecule has 128 valence electrons. The molecule has 1 aliphatic heterocycles. The van der Waals surface area contributed by atoms with Crippen LogP contribution in [0.1, 0.15) is 39.3 Å². The van der Waals surface area contributed by atoms with Crippen molar-refractivity contribution in [2.45, 2.75) is 46.3 Å². The number of para-hydroxylation sites is 1. The van der Waals surface area contributed by atoms with E-state index in [2.05, 4.69) is 96.1 Å². The monoisotopic (exact) mass is 332 g/mol. The van der Waals surface area contributed by atoms with E-state index in [9.17, 15) is 0 Å². The molecule has 0 fully saturated rings. The molecule has 1 aromatic heterocycles. The maximum atomic E-state index is 4.58. The number of benzene rings is 2. The van der Waals surface area contributed by atoms with E-state index >= 15 is 0 Å². The van der Waals surface area contributed by atoms with Gasteiger partial charge in [-0.15, -0.1) is 5.10 Å². The van der Waals surface area contributed by atoms with Gasteiger partial charge in [0.25, 0.3) is 0 Å². The average molecular weight is 332 g/mol. The minimum Gasteiger partial charge on any atom is -0.364 e. The van der Waals surface area contributed by atoms with E-state index in [1.54, 1.807) is 0 Å². The van der Waals surface area contributed by atoms with Crippen LogP contribution in [0.3, 0.4) is 0 Å². The van der Waals surface area contributed by atoms with Crippen LogP contribution in [0.15, 0.2) is 48.5 Å². The zero-order valence-corrected chi connectivity index (χ0v) is 15.3. The van der Waals surface area contributed by atoms with Gasteiger partial charge in [-0.05, 0) is 39.3 Å². The van der Waals surface area contributed by atoms with Crippen molar-refractivity contribution in [2.24, 2.45) is 0 Å². The van der Waals surface area contributed by atoms with Gasteiger partial charge in [0.2, 0.25) is 0 Å². The molecule has 0 amide bonds.